The molecule has 0 bridgehead atoms. The molecular formula is C14H19NO6S. The van der Waals surface area contributed by atoms with E-state index in [9.17, 15) is 23.2 Å². The van der Waals surface area contributed by atoms with Crippen LogP contribution in [-0.4, -0.2) is 36.4 Å². The van der Waals surface area contributed by atoms with Crippen molar-refractivity contribution in [2.45, 2.75) is 32.1 Å². The van der Waals surface area contributed by atoms with Gasteiger partial charge in [-0.25, -0.2) is 8.42 Å². The fourth-order valence-corrected chi connectivity index (χ4v) is 2.80. The molecule has 0 aliphatic carbocycles. The Kier molecular flexibility index (Phi) is 5.31. The first-order valence-corrected chi connectivity index (χ1v) is 8.18. The first-order chi connectivity index (χ1) is 9.95. The van der Waals surface area contributed by atoms with E-state index in [1.165, 1.54) is 24.3 Å². The third-order valence-electron chi connectivity index (χ3n) is 2.86. The summed E-state index contributed by atoms with van der Waals surface area (Å²) in [5, 5.41) is 18.9. The first-order valence-electron chi connectivity index (χ1n) is 6.53. The summed E-state index contributed by atoms with van der Waals surface area (Å²) in [4.78, 5) is 22.3. The molecule has 22 heavy (non-hydrogen) atoms. The fourth-order valence-electron chi connectivity index (χ4n) is 1.57. The summed E-state index contributed by atoms with van der Waals surface area (Å²) in [5.41, 5.74) is -0.654. The van der Waals surface area contributed by atoms with E-state index in [0.717, 1.165) is 0 Å². The van der Waals surface area contributed by atoms with Crippen LogP contribution >= 0.6 is 0 Å². The number of amides is 1. The summed E-state index contributed by atoms with van der Waals surface area (Å²) in [6.07, 6.45) is -0.487. The Labute approximate surface area is 129 Å². The maximum atomic E-state index is 11.9. The summed E-state index contributed by atoms with van der Waals surface area (Å²) in [6.45, 7) is 4.93. The molecule has 1 aromatic carbocycles. The van der Waals surface area contributed by atoms with Crippen molar-refractivity contribution in [3.63, 3.8) is 0 Å². The third kappa shape index (κ3) is 4.54. The number of sulfone groups is 1. The molecule has 1 aromatic rings. The molecule has 0 heterocycles. The summed E-state index contributed by atoms with van der Waals surface area (Å²) in [6, 6.07) is 5.03. The highest BCUT2D eigenvalue weighted by Gasteiger charge is 2.27. The van der Waals surface area contributed by atoms with Gasteiger partial charge in [0, 0.05) is 5.41 Å². The molecule has 0 spiro atoms. The molecule has 7 nitrogen and oxygen atoms in total. The van der Waals surface area contributed by atoms with Gasteiger partial charge in [0.05, 0.1) is 22.8 Å². The molecule has 0 aromatic heterocycles. The minimum absolute atomic E-state index is 0.0610. The van der Waals surface area contributed by atoms with Crippen LogP contribution in [0.2, 0.25) is 0 Å². The van der Waals surface area contributed by atoms with Gasteiger partial charge in [0.1, 0.15) is 0 Å². The van der Waals surface area contributed by atoms with Crippen LogP contribution in [0.5, 0.6) is 0 Å². The van der Waals surface area contributed by atoms with Crippen LogP contribution in [0, 0.1) is 5.41 Å². The van der Waals surface area contributed by atoms with E-state index in [-0.39, 0.29) is 10.6 Å². The van der Waals surface area contributed by atoms with Crippen molar-refractivity contribution in [3.8, 4) is 0 Å². The molecule has 1 amide bonds. The van der Waals surface area contributed by atoms with Crippen molar-refractivity contribution in [1.82, 2.24) is 0 Å². The second-order valence-electron chi connectivity index (χ2n) is 5.82. The van der Waals surface area contributed by atoms with Gasteiger partial charge in [-0.2, -0.15) is 5.06 Å². The zero-order valence-corrected chi connectivity index (χ0v) is 13.4. The minimum Gasteiger partial charge on any atom is -0.481 e. The Bertz CT molecular complexity index is 658. The number of carbonyl (C=O) groups is 2. The Morgan fingerprint density at radius 3 is 2.05 bits per heavy atom. The van der Waals surface area contributed by atoms with Gasteiger partial charge >= 0.3 is 5.97 Å². The van der Waals surface area contributed by atoms with Gasteiger partial charge in [0.25, 0.3) is 5.91 Å². The fraction of sp³-hybridized carbons (Fsp3) is 0.429. The van der Waals surface area contributed by atoms with Crippen LogP contribution < -0.4 is 5.06 Å². The van der Waals surface area contributed by atoms with Crippen LogP contribution in [0.25, 0.3) is 0 Å². The number of nitrogens with zero attached hydrogens (tertiary/aromatic N) is 1. The second-order valence-corrected chi connectivity index (χ2v) is 7.93. The number of benzene rings is 1. The van der Waals surface area contributed by atoms with Gasteiger partial charge < -0.3 is 5.11 Å². The normalized spacial score (nSPS) is 12.0. The average Bonchev–Trinajstić information content (AvgIpc) is 2.43. The van der Waals surface area contributed by atoms with Gasteiger partial charge in [-0.3, -0.25) is 14.8 Å². The van der Waals surface area contributed by atoms with Gasteiger partial charge in [-0.05, 0) is 24.3 Å². The lowest BCUT2D eigenvalue weighted by molar-refractivity contribution is -0.136. The molecule has 0 unspecified atom stereocenters. The van der Waals surface area contributed by atoms with Crippen LogP contribution in [0.3, 0.4) is 0 Å². The second kappa shape index (κ2) is 6.45. The van der Waals surface area contributed by atoms with Crippen LogP contribution in [0.4, 0.5) is 5.69 Å². The lowest BCUT2D eigenvalue weighted by Crippen LogP contribution is -2.37. The van der Waals surface area contributed by atoms with Crippen LogP contribution in [0.1, 0.15) is 27.2 Å². The van der Waals surface area contributed by atoms with E-state index in [4.69, 9.17) is 5.11 Å². The van der Waals surface area contributed by atoms with E-state index in [1.54, 1.807) is 20.8 Å². The smallest absolute Gasteiger partial charge is 0.304 e. The molecule has 0 radical (unpaired) electrons. The van der Waals surface area contributed by atoms with Crippen molar-refractivity contribution >= 4 is 27.4 Å². The number of hydrogen-bond acceptors (Lipinski definition) is 5. The molecule has 0 aliphatic heterocycles. The Hall–Kier alpha value is -1.93. The van der Waals surface area contributed by atoms with E-state index >= 15 is 0 Å². The van der Waals surface area contributed by atoms with Crippen molar-refractivity contribution < 1.29 is 28.3 Å². The van der Waals surface area contributed by atoms with Gasteiger partial charge in [0.2, 0.25) is 0 Å². The largest absolute Gasteiger partial charge is 0.481 e. The van der Waals surface area contributed by atoms with Crippen molar-refractivity contribution in [2.75, 3.05) is 10.8 Å². The van der Waals surface area contributed by atoms with Crippen molar-refractivity contribution in [2.24, 2.45) is 5.41 Å². The minimum atomic E-state index is -3.71. The number of anilines is 1. The number of carboxylic acid groups (broad SMARTS) is 1. The number of hydrogen-bond donors (Lipinski definition) is 2. The maximum Gasteiger partial charge on any atom is 0.304 e. The van der Waals surface area contributed by atoms with Crippen LogP contribution in [0.15, 0.2) is 29.2 Å². The molecule has 0 fully saturated rings. The monoisotopic (exact) mass is 329 g/mol. The molecule has 0 saturated heterocycles. The highest BCUT2D eigenvalue weighted by Crippen LogP contribution is 2.23. The SMILES string of the molecule is CC(C)(C)C(=O)N(O)c1ccc(S(=O)(=O)CCC(=O)O)cc1. The topological polar surface area (TPSA) is 112 Å². The number of hydroxylamine groups is 1. The summed E-state index contributed by atoms with van der Waals surface area (Å²) < 4.78 is 23.8. The lowest BCUT2D eigenvalue weighted by atomic mass is 9.95. The molecule has 8 heteroatoms. The van der Waals surface area contributed by atoms with Crippen LogP contribution in [-0.2, 0) is 19.4 Å². The van der Waals surface area contributed by atoms with Crippen molar-refractivity contribution in [1.29, 1.82) is 0 Å². The molecule has 122 valence electrons. The van der Waals surface area contributed by atoms with Gasteiger partial charge in [-0.15, -0.1) is 0 Å². The van der Waals surface area contributed by atoms with E-state index < -0.39 is 39.3 Å². The highest BCUT2D eigenvalue weighted by atomic mass is 32.2. The predicted octanol–water partition coefficient (Wildman–Crippen LogP) is 1.70. The Balaban J connectivity index is 2.96. The average molecular weight is 329 g/mol. The Morgan fingerprint density at radius 2 is 1.64 bits per heavy atom. The standard InChI is InChI=1S/C14H19NO6S/c1-14(2,3)13(18)15(19)10-4-6-11(7-5-10)22(20,21)9-8-12(16)17/h4-7,19H,8-9H2,1-3H3,(H,16,17). The third-order valence-corrected chi connectivity index (χ3v) is 4.59. The molecular weight excluding hydrogens is 310 g/mol. The molecule has 0 atom stereocenters. The Morgan fingerprint density at radius 1 is 1.14 bits per heavy atom. The van der Waals surface area contributed by atoms with E-state index in [1.807, 2.05) is 0 Å². The summed E-state index contributed by atoms with van der Waals surface area (Å²) in [7, 11) is -3.71. The summed E-state index contributed by atoms with van der Waals surface area (Å²) in [5.74, 6) is -2.24. The molecule has 1 rings (SSSR count). The van der Waals surface area contributed by atoms with Gasteiger partial charge in [0.15, 0.2) is 9.84 Å². The zero-order valence-electron chi connectivity index (χ0n) is 12.6. The lowest BCUT2D eigenvalue weighted by Gasteiger charge is -2.24. The molecule has 2 N–H and O–H groups in total. The van der Waals surface area contributed by atoms with Gasteiger partial charge in [-0.1, -0.05) is 20.8 Å². The number of aliphatic carboxylic acids is 1. The number of rotatable bonds is 5. The molecule has 0 saturated carbocycles. The highest BCUT2D eigenvalue weighted by molar-refractivity contribution is 7.91. The first kappa shape index (κ1) is 18.1. The van der Waals surface area contributed by atoms with E-state index in [0.29, 0.717) is 5.06 Å². The zero-order chi connectivity index (χ0) is 17.1. The number of carbonyl (C=O) groups excluding carboxylic acids is 1. The number of carboxylic acids is 1. The predicted molar refractivity (Wildman–Crippen MR) is 79.5 cm³/mol. The quantitative estimate of drug-likeness (QED) is 0.628. The maximum absolute atomic E-state index is 11.9. The summed E-state index contributed by atoms with van der Waals surface area (Å²) >= 11 is 0. The van der Waals surface area contributed by atoms with Crippen molar-refractivity contribution in [3.05, 3.63) is 24.3 Å². The van der Waals surface area contributed by atoms with E-state index in [2.05, 4.69) is 0 Å². The molecule has 0 aliphatic rings.